The molecule has 0 unspecified atom stereocenters. The smallest absolute Gasteiger partial charge is 0.256 e. The van der Waals surface area contributed by atoms with Gasteiger partial charge in [-0.15, -0.1) is 0 Å². The fourth-order valence-electron chi connectivity index (χ4n) is 4.58. The number of pyridine rings is 1. The summed E-state index contributed by atoms with van der Waals surface area (Å²) in [4.78, 5) is 30.2. The molecule has 2 aliphatic heterocycles. The number of rotatable bonds is 6. The molecule has 2 N–H and O–H groups in total. The molecule has 0 atom stereocenters. The minimum atomic E-state index is -0.420. The molecule has 0 saturated carbocycles. The zero-order chi connectivity index (χ0) is 21.8. The van der Waals surface area contributed by atoms with Gasteiger partial charge in [0.2, 0.25) is 5.43 Å². The van der Waals surface area contributed by atoms with Gasteiger partial charge in [-0.05, 0) is 45.0 Å². The molecule has 168 valence electrons. The number of anilines is 1. The highest BCUT2D eigenvalue weighted by Crippen LogP contribution is 2.25. The Kier molecular flexibility index (Phi) is 6.87. The van der Waals surface area contributed by atoms with Crippen molar-refractivity contribution >= 4 is 22.5 Å². The number of hydrogen-bond donors (Lipinski definition) is 2. The lowest BCUT2D eigenvalue weighted by molar-refractivity contribution is 0.0945. The molecule has 0 radical (unpaired) electrons. The van der Waals surface area contributed by atoms with E-state index in [2.05, 4.69) is 15.5 Å². The number of piperidine rings is 1. The van der Waals surface area contributed by atoms with Crippen molar-refractivity contribution in [2.45, 2.75) is 32.7 Å². The van der Waals surface area contributed by atoms with Crippen molar-refractivity contribution in [1.29, 1.82) is 0 Å². The van der Waals surface area contributed by atoms with E-state index >= 15 is 0 Å². The number of nitrogens with one attached hydrogen (secondary N) is 2. The Bertz CT molecular complexity index is 994. The molecule has 0 aliphatic carbocycles. The first kappa shape index (κ1) is 21.8. The van der Waals surface area contributed by atoms with Gasteiger partial charge in [-0.1, -0.05) is 6.42 Å². The molecule has 0 bridgehead atoms. The molecule has 2 fully saturated rings. The van der Waals surface area contributed by atoms with Crippen molar-refractivity contribution in [1.82, 2.24) is 20.1 Å². The van der Waals surface area contributed by atoms with E-state index in [1.807, 2.05) is 16.4 Å². The molecule has 3 heterocycles. The second kappa shape index (κ2) is 9.78. The number of carbonyl (C=O) groups excluding carboxylic acids is 1. The average molecular weight is 430 g/mol. The molecular weight excluding hydrogens is 397 g/mol. The zero-order valence-electron chi connectivity index (χ0n) is 18.3. The van der Waals surface area contributed by atoms with Crippen LogP contribution in [0.15, 0.2) is 23.1 Å². The highest BCUT2D eigenvalue weighted by Gasteiger charge is 2.20. The van der Waals surface area contributed by atoms with Gasteiger partial charge in [0, 0.05) is 57.4 Å². The maximum Gasteiger partial charge on any atom is 0.256 e. The first-order valence-electron chi connectivity index (χ1n) is 11.4. The fourth-order valence-corrected chi connectivity index (χ4v) is 4.58. The number of likely N-dealkylation sites (tertiary alicyclic amines) is 1. The lowest BCUT2D eigenvalue weighted by Crippen LogP contribution is -2.44. The minimum absolute atomic E-state index is 0.0716. The molecule has 2 aliphatic rings. The van der Waals surface area contributed by atoms with Crippen LogP contribution in [0.4, 0.5) is 10.1 Å². The van der Waals surface area contributed by atoms with Crippen LogP contribution in [0.2, 0.25) is 0 Å². The maximum absolute atomic E-state index is 14.9. The lowest BCUT2D eigenvalue weighted by Gasteiger charge is -2.30. The largest absolute Gasteiger partial charge is 0.367 e. The number of hydrogen-bond acceptors (Lipinski definition) is 5. The van der Waals surface area contributed by atoms with E-state index in [0.29, 0.717) is 24.3 Å². The average Bonchev–Trinajstić information content (AvgIpc) is 2.80. The molecule has 7 nitrogen and oxygen atoms in total. The predicted octanol–water partition coefficient (Wildman–Crippen LogP) is 1.79. The Morgan fingerprint density at radius 3 is 2.58 bits per heavy atom. The third-order valence-corrected chi connectivity index (χ3v) is 6.35. The Labute approximate surface area is 182 Å². The summed E-state index contributed by atoms with van der Waals surface area (Å²) in [6.45, 7) is 8.97. The number of benzene rings is 1. The Balaban J connectivity index is 1.58. The zero-order valence-corrected chi connectivity index (χ0v) is 18.3. The van der Waals surface area contributed by atoms with Gasteiger partial charge in [0.1, 0.15) is 11.4 Å². The van der Waals surface area contributed by atoms with Gasteiger partial charge in [0.15, 0.2) is 0 Å². The lowest BCUT2D eigenvalue weighted by atomic mass is 10.1. The normalized spacial score (nSPS) is 17.8. The molecule has 4 rings (SSSR count). The topological polar surface area (TPSA) is 69.6 Å². The number of halogens is 1. The van der Waals surface area contributed by atoms with Crippen LogP contribution in [0.1, 0.15) is 36.5 Å². The molecule has 2 aromatic rings. The Morgan fingerprint density at radius 1 is 1.13 bits per heavy atom. The van der Waals surface area contributed by atoms with Crippen molar-refractivity contribution in [3.8, 4) is 0 Å². The minimum Gasteiger partial charge on any atom is -0.367 e. The van der Waals surface area contributed by atoms with E-state index in [0.717, 1.165) is 45.8 Å². The molecule has 0 spiro atoms. The summed E-state index contributed by atoms with van der Waals surface area (Å²) < 4.78 is 16.8. The third kappa shape index (κ3) is 4.75. The summed E-state index contributed by atoms with van der Waals surface area (Å²) in [5.41, 5.74) is 0.824. The second-order valence-electron chi connectivity index (χ2n) is 8.37. The number of nitrogens with zero attached hydrogens (tertiary/aromatic N) is 3. The summed E-state index contributed by atoms with van der Waals surface area (Å²) in [6, 6.07) is 3.05. The Hall–Kier alpha value is -2.45. The van der Waals surface area contributed by atoms with Crippen LogP contribution in [0.25, 0.3) is 10.9 Å². The van der Waals surface area contributed by atoms with Crippen molar-refractivity contribution in [2.75, 3.05) is 57.3 Å². The van der Waals surface area contributed by atoms with Crippen molar-refractivity contribution in [2.24, 2.45) is 0 Å². The maximum atomic E-state index is 14.9. The molecule has 8 heteroatoms. The molecule has 1 amide bonds. The number of piperazine rings is 1. The number of aromatic nitrogens is 1. The number of aryl methyl sites for hydroxylation is 1. The van der Waals surface area contributed by atoms with Gasteiger partial charge in [0.25, 0.3) is 5.91 Å². The third-order valence-electron chi connectivity index (χ3n) is 6.35. The fraction of sp³-hybridized carbons (Fsp3) is 0.565. The van der Waals surface area contributed by atoms with Crippen LogP contribution in [0, 0.1) is 5.82 Å². The molecule has 31 heavy (non-hydrogen) atoms. The van der Waals surface area contributed by atoms with E-state index in [4.69, 9.17) is 0 Å². The van der Waals surface area contributed by atoms with Gasteiger partial charge < -0.3 is 25.0 Å². The SMILES string of the molecule is CCn1cc(C(=O)NCCN2CCCCC2)c(=O)c2cc(F)c(N3CCNCC3)cc21. The standard InChI is InChI=1S/C23H32FN5O2/c1-2-28-16-18(23(31)26-8-11-27-9-4-3-5-10-27)22(30)17-14-19(24)21(15-20(17)28)29-12-6-25-7-13-29/h14-16,25H,2-13H2,1H3,(H,26,31). The van der Waals surface area contributed by atoms with Crippen LogP contribution in [-0.2, 0) is 6.54 Å². The van der Waals surface area contributed by atoms with Crippen LogP contribution in [0.3, 0.4) is 0 Å². The molecular formula is C23H32FN5O2. The van der Waals surface area contributed by atoms with Gasteiger partial charge >= 0.3 is 0 Å². The predicted molar refractivity (Wildman–Crippen MR) is 122 cm³/mol. The van der Waals surface area contributed by atoms with E-state index in [9.17, 15) is 14.0 Å². The van der Waals surface area contributed by atoms with Gasteiger partial charge in [-0.3, -0.25) is 9.59 Å². The van der Waals surface area contributed by atoms with Crippen molar-refractivity contribution in [3.05, 3.63) is 39.9 Å². The van der Waals surface area contributed by atoms with E-state index in [1.165, 1.54) is 25.3 Å². The summed E-state index contributed by atoms with van der Waals surface area (Å²) >= 11 is 0. The van der Waals surface area contributed by atoms with E-state index in [1.54, 1.807) is 12.3 Å². The quantitative estimate of drug-likeness (QED) is 0.733. The van der Waals surface area contributed by atoms with Crippen LogP contribution >= 0.6 is 0 Å². The summed E-state index contributed by atoms with van der Waals surface area (Å²) in [5, 5.41) is 6.39. The van der Waals surface area contributed by atoms with E-state index < -0.39 is 17.2 Å². The van der Waals surface area contributed by atoms with Crippen molar-refractivity contribution < 1.29 is 9.18 Å². The summed E-state index contributed by atoms with van der Waals surface area (Å²) in [5.74, 6) is -0.811. The van der Waals surface area contributed by atoms with Crippen LogP contribution < -0.4 is 21.0 Å². The van der Waals surface area contributed by atoms with Gasteiger partial charge in [0.05, 0.1) is 11.2 Å². The van der Waals surface area contributed by atoms with Crippen molar-refractivity contribution in [3.63, 3.8) is 0 Å². The number of carbonyl (C=O) groups is 1. The van der Waals surface area contributed by atoms with Crippen LogP contribution in [0.5, 0.6) is 0 Å². The first-order chi connectivity index (χ1) is 15.1. The highest BCUT2D eigenvalue weighted by molar-refractivity contribution is 5.97. The summed E-state index contributed by atoms with van der Waals surface area (Å²) in [6.07, 6.45) is 5.27. The number of amides is 1. The molecule has 1 aromatic heterocycles. The first-order valence-corrected chi connectivity index (χ1v) is 11.4. The second-order valence-corrected chi connectivity index (χ2v) is 8.37. The van der Waals surface area contributed by atoms with Gasteiger partial charge in [-0.25, -0.2) is 4.39 Å². The molecule has 1 aromatic carbocycles. The Morgan fingerprint density at radius 2 is 1.87 bits per heavy atom. The monoisotopic (exact) mass is 429 g/mol. The highest BCUT2D eigenvalue weighted by atomic mass is 19.1. The summed E-state index contributed by atoms with van der Waals surface area (Å²) in [7, 11) is 0. The van der Waals surface area contributed by atoms with E-state index in [-0.39, 0.29) is 10.9 Å². The van der Waals surface area contributed by atoms with Crippen LogP contribution in [-0.4, -0.2) is 67.7 Å². The van der Waals surface area contributed by atoms with Gasteiger partial charge in [-0.2, -0.15) is 0 Å². The number of fused-ring (bicyclic) bond motifs is 1. The molecule has 2 saturated heterocycles.